The molecule has 0 saturated carbocycles. The quantitative estimate of drug-likeness (QED) is 0.122. The number of nitrogens with one attached hydrogen (secondary N) is 1. The molecule has 2 aromatic rings. The third-order valence-corrected chi connectivity index (χ3v) is 4.41. The van der Waals surface area contributed by atoms with Gasteiger partial charge in [0.05, 0.1) is 32.3 Å². The number of nitro groups is 1. The van der Waals surface area contributed by atoms with Gasteiger partial charge in [0.15, 0.2) is 5.96 Å². The number of hydrogen-bond donors (Lipinski definition) is 1. The van der Waals surface area contributed by atoms with Crippen LogP contribution >= 0.6 is 24.0 Å². The zero-order chi connectivity index (χ0) is 21.9. The summed E-state index contributed by atoms with van der Waals surface area (Å²) in [5.74, 6) is 2.14. The van der Waals surface area contributed by atoms with E-state index < -0.39 is 4.92 Å². The van der Waals surface area contributed by atoms with Crippen LogP contribution in [-0.4, -0.2) is 57.3 Å². The molecule has 0 heterocycles. The van der Waals surface area contributed by atoms with Gasteiger partial charge >= 0.3 is 0 Å². The molecular formula is C21H29IN4O5. The van der Waals surface area contributed by atoms with Crippen molar-refractivity contribution in [3.8, 4) is 11.5 Å². The highest BCUT2D eigenvalue weighted by atomic mass is 127. The summed E-state index contributed by atoms with van der Waals surface area (Å²) in [5.41, 5.74) is 1.92. The Kier molecular flexibility index (Phi) is 11.6. The Morgan fingerprint density at radius 2 is 1.84 bits per heavy atom. The van der Waals surface area contributed by atoms with Crippen molar-refractivity contribution in [3.63, 3.8) is 0 Å². The number of non-ortho nitro benzene ring substituents is 1. The zero-order valence-corrected chi connectivity index (χ0v) is 20.5. The van der Waals surface area contributed by atoms with Crippen LogP contribution < -0.4 is 14.8 Å². The SMILES string of the molecule is COCCNC(=NCc1ccc([N+](=O)[O-])cc1)N(C)Cc1ccc(OC)cc1OC.I. The minimum atomic E-state index is -0.416. The average molecular weight is 544 g/mol. The van der Waals surface area contributed by atoms with E-state index >= 15 is 0 Å². The summed E-state index contributed by atoms with van der Waals surface area (Å²) in [7, 11) is 6.81. The van der Waals surface area contributed by atoms with Crippen LogP contribution in [0.2, 0.25) is 0 Å². The Morgan fingerprint density at radius 3 is 2.42 bits per heavy atom. The van der Waals surface area contributed by atoms with Gasteiger partial charge in [0, 0.05) is 51.0 Å². The maximum absolute atomic E-state index is 10.8. The number of aliphatic imine (C=N–C) groups is 1. The average Bonchev–Trinajstić information content (AvgIpc) is 2.76. The molecule has 0 aliphatic rings. The predicted octanol–water partition coefficient (Wildman–Crippen LogP) is 3.45. The largest absolute Gasteiger partial charge is 0.497 e. The van der Waals surface area contributed by atoms with Crippen molar-refractivity contribution in [3.05, 3.63) is 63.7 Å². The van der Waals surface area contributed by atoms with Gasteiger partial charge in [-0.1, -0.05) is 12.1 Å². The molecule has 0 aromatic heterocycles. The number of nitrogens with zero attached hydrogens (tertiary/aromatic N) is 3. The summed E-state index contributed by atoms with van der Waals surface area (Å²) < 4.78 is 15.9. The second kappa shape index (κ2) is 13.7. The summed E-state index contributed by atoms with van der Waals surface area (Å²) in [6, 6.07) is 12.1. The number of nitro benzene ring substituents is 1. The lowest BCUT2D eigenvalue weighted by Gasteiger charge is -2.23. The maximum atomic E-state index is 10.8. The van der Waals surface area contributed by atoms with Gasteiger partial charge < -0.3 is 24.4 Å². The molecule has 0 unspecified atom stereocenters. The van der Waals surface area contributed by atoms with E-state index in [1.165, 1.54) is 12.1 Å². The van der Waals surface area contributed by atoms with Gasteiger partial charge in [-0.05, 0) is 17.7 Å². The van der Waals surface area contributed by atoms with Crippen LogP contribution in [0.5, 0.6) is 11.5 Å². The number of rotatable bonds is 10. The normalized spacial score (nSPS) is 10.8. The molecule has 9 nitrogen and oxygen atoms in total. The van der Waals surface area contributed by atoms with Crippen LogP contribution in [0.3, 0.4) is 0 Å². The molecule has 0 aliphatic heterocycles. The highest BCUT2D eigenvalue weighted by Gasteiger charge is 2.12. The molecule has 0 atom stereocenters. The first-order valence-corrected chi connectivity index (χ1v) is 9.41. The zero-order valence-electron chi connectivity index (χ0n) is 18.2. The number of guanidine groups is 1. The summed E-state index contributed by atoms with van der Waals surface area (Å²) in [6.07, 6.45) is 0. The van der Waals surface area contributed by atoms with Gasteiger partial charge in [-0.15, -0.1) is 24.0 Å². The molecule has 2 aromatic carbocycles. The van der Waals surface area contributed by atoms with Gasteiger partial charge in [0.1, 0.15) is 11.5 Å². The van der Waals surface area contributed by atoms with Gasteiger partial charge in [-0.3, -0.25) is 10.1 Å². The van der Waals surface area contributed by atoms with Gasteiger partial charge in [0.25, 0.3) is 5.69 Å². The number of hydrogen-bond acceptors (Lipinski definition) is 6. The fourth-order valence-corrected chi connectivity index (χ4v) is 2.78. The van der Waals surface area contributed by atoms with Crippen molar-refractivity contribution in [1.82, 2.24) is 10.2 Å². The molecule has 0 saturated heterocycles. The van der Waals surface area contributed by atoms with E-state index in [9.17, 15) is 10.1 Å². The molecule has 31 heavy (non-hydrogen) atoms. The second-order valence-electron chi connectivity index (χ2n) is 6.52. The first-order chi connectivity index (χ1) is 14.5. The third-order valence-electron chi connectivity index (χ3n) is 4.41. The smallest absolute Gasteiger partial charge is 0.269 e. The van der Waals surface area contributed by atoms with Crippen molar-refractivity contribution >= 4 is 35.6 Å². The van der Waals surface area contributed by atoms with E-state index in [4.69, 9.17) is 14.2 Å². The van der Waals surface area contributed by atoms with Crippen molar-refractivity contribution in [2.24, 2.45) is 4.99 Å². The summed E-state index contributed by atoms with van der Waals surface area (Å²) in [4.78, 5) is 17.0. The minimum absolute atomic E-state index is 0. The number of halogens is 1. The van der Waals surface area contributed by atoms with E-state index in [-0.39, 0.29) is 29.7 Å². The first-order valence-electron chi connectivity index (χ1n) is 9.41. The van der Waals surface area contributed by atoms with E-state index in [2.05, 4.69) is 10.3 Å². The van der Waals surface area contributed by atoms with Crippen LogP contribution in [0.25, 0.3) is 0 Å². The van der Waals surface area contributed by atoms with E-state index in [1.54, 1.807) is 33.5 Å². The Labute approximate surface area is 199 Å². The molecule has 0 fully saturated rings. The van der Waals surface area contributed by atoms with Crippen LogP contribution in [0, 0.1) is 10.1 Å². The molecule has 2 rings (SSSR count). The molecule has 0 radical (unpaired) electrons. The van der Waals surface area contributed by atoms with Crippen molar-refractivity contribution in [1.29, 1.82) is 0 Å². The molecule has 0 amide bonds. The molecule has 0 aliphatic carbocycles. The monoisotopic (exact) mass is 544 g/mol. The van der Waals surface area contributed by atoms with Gasteiger partial charge in [0.2, 0.25) is 0 Å². The van der Waals surface area contributed by atoms with Crippen molar-refractivity contribution in [2.75, 3.05) is 41.5 Å². The first kappa shape index (κ1) is 26.4. The van der Waals surface area contributed by atoms with E-state index in [0.717, 1.165) is 22.6 Å². The highest BCUT2D eigenvalue weighted by molar-refractivity contribution is 14.0. The fourth-order valence-electron chi connectivity index (χ4n) is 2.78. The second-order valence-corrected chi connectivity index (χ2v) is 6.52. The molecular weight excluding hydrogens is 515 g/mol. The summed E-state index contributed by atoms with van der Waals surface area (Å²) in [6.45, 7) is 2.08. The minimum Gasteiger partial charge on any atom is -0.497 e. The van der Waals surface area contributed by atoms with Crippen LogP contribution in [-0.2, 0) is 17.8 Å². The van der Waals surface area contributed by atoms with Gasteiger partial charge in [-0.25, -0.2) is 4.99 Å². The van der Waals surface area contributed by atoms with Crippen LogP contribution in [0.4, 0.5) is 5.69 Å². The van der Waals surface area contributed by atoms with Crippen LogP contribution in [0.15, 0.2) is 47.5 Å². The Balaban J connectivity index is 0.00000480. The van der Waals surface area contributed by atoms with E-state index in [0.29, 0.717) is 32.2 Å². The van der Waals surface area contributed by atoms with Crippen molar-refractivity contribution < 1.29 is 19.1 Å². The number of ether oxygens (including phenoxy) is 3. The lowest BCUT2D eigenvalue weighted by atomic mass is 10.2. The standard InChI is InChI=1S/C21H28N4O5.HI/c1-24(15-17-7-10-19(29-3)13-20(17)30-4)21(22-11-12-28-2)23-14-16-5-8-18(9-6-16)25(26)27;/h5-10,13H,11-12,14-15H2,1-4H3,(H,22,23);1H. The van der Waals surface area contributed by atoms with E-state index in [1.807, 2.05) is 30.1 Å². The summed E-state index contributed by atoms with van der Waals surface area (Å²) >= 11 is 0. The van der Waals surface area contributed by atoms with Gasteiger partial charge in [-0.2, -0.15) is 0 Å². The van der Waals surface area contributed by atoms with Crippen LogP contribution in [0.1, 0.15) is 11.1 Å². The fraction of sp³-hybridized carbons (Fsp3) is 0.381. The lowest BCUT2D eigenvalue weighted by Crippen LogP contribution is -2.40. The maximum Gasteiger partial charge on any atom is 0.269 e. The van der Waals surface area contributed by atoms with Crippen molar-refractivity contribution in [2.45, 2.75) is 13.1 Å². The Bertz CT molecular complexity index is 861. The molecule has 1 N–H and O–H groups in total. The molecule has 0 spiro atoms. The number of benzene rings is 2. The topological polar surface area (TPSA) is 98.5 Å². The third kappa shape index (κ3) is 8.21. The highest BCUT2D eigenvalue weighted by Crippen LogP contribution is 2.25. The molecule has 10 heteroatoms. The lowest BCUT2D eigenvalue weighted by molar-refractivity contribution is -0.384. The summed E-state index contributed by atoms with van der Waals surface area (Å²) in [5, 5.41) is 14.1. The Morgan fingerprint density at radius 1 is 1.13 bits per heavy atom. The predicted molar refractivity (Wildman–Crippen MR) is 131 cm³/mol. The number of methoxy groups -OCH3 is 3. The Hall–Kier alpha value is -2.60. The molecule has 170 valence electrons. The molecule has 0 bridgehead atoms.